The van der Waals surface area contributed by atoms with E-state index in [9.17, 15) is 30.3 Å². The minimum Gasteiger partial charge on any atom is -0.394 e. The highest BCUT2D eigenvalue weighted by molar-refractivity contribution is 5.76. The normalized spacial score (nSPS) is 23.8. The van der Waals surface area contributed by atoms with Crippen molar-refractivity contribution >= 4 is 5.91 Å². The fourth-order valence-corrected chi connectivity index (χ4v) is 5.01. The Morgan fingerprint density at radius 2 is 1.35 bits per heavy atom. The molecule has 1 saturated heterocycles. The number of aliphatic hydroxyl groups is 5. The molecule has 7 atom stereocenters. The van der Waals surface area contributed by atoms with E-state index in [-0.39, 0.29) is 12.5 Å². The number of hydrogen-bond donors (Lipinski definition) is 6. The second-order valence-corrected chi connectivity index (χ2v) is 11.9. The topological polar surface area (TPSA) is 149 Å². The third kappa shape index (κ3) is 19.5. The summed E-state index contributed by atoms with van der Waals surface area (Å²) in [7, 11) is 0. The van der Waals surface area contributed by atoms with Crippen LogP contribution in [-0.2, 0) is 14.3 Å². The van der Waals surface area contributed by atoms with E-state index in [0.29, 0.717) is 12.8 Å². The molecule has 1 fully saturated rings. The number of nitrogens with one attached hydrogen (secondary N) is 1. The van der Waals surface area contributed by atoms with E-state index in [0.717, 1.165) is 83.5 Å². The Morgan fingerprint density at radius 1 is 0.761 bits per heavy atom. The molecule has 0 radical (unpaired) electrons. The average molecular weight is 650 g/mol. The minimum atomic E-state index is -1.56. The minimum absolute atomic E-state index is 0.159. The van der Waals surface area contributed by atoms with Gasteiger partial charge in [-0.25, -0.2) is 0 Å². The van der Waals surface area contributed by atoms with E-state index in [1.165, 1.54) is 0 Å². The van der Waals surface area contributed by atoms with Gasteiger partial charge < -0.3 is 40.3 Å². The Bertz CT molecular complexity index is 900. The molecule has 1 heterocycles. The summed E-state index contributed by atoms with van der Waals surface area (Å²) in [5.41, 5.74) is 0. The van der Waals surface area contributed by atoms with Crippen molar-refractivity contribution < 1.29 is 39.8 Å². The van der Waals surface area contributed by atoms with Gasteiger partial charge in [0.15, 0.2) is 6.29 Å². The van der Waals surface area contributed by atoms with Gasteiger partial charge in [-0.15, -0.1) is 0 Å². The van der Waals surface area contributed by atoms with Crippen molar-refractivity contribution in [2.24, 2.45) is 0 Å². The predicted molar refractivity (Wildman–Crippen MR) is 184 cm³/mol. The zero-order valence-electron chi connectivity index (χ0n) is 28.3. The second kappa shape index (κ2) is 28.0. The maximum Gasteiger partial charge on any atom is 0.220 e. The summed E-state index contributed by atoms with van der Waals surface area (Å²) < 4.78 is 11.1. The third-order valence-corrected chi connectivity index (χ3v) is 7.89. The lowest BCUT2D eigenvalue weighted by molar-refractivity contribution is -0.302. The maximum atomic E-state index is 12.7. The van der Waals surface area contributed by atoms with Crippen molar-refractivity contribution in [3.63, 3.8) is 0 Å². The van der Waals surface area contributed by atoms with Crippen LogP contribution in [0.15, 0.2) is 60.8 Å². The largest absolute Gasteiger partial charge is 0.394 e. The number of ether oxygens (including phenoxy) is 2. The standard InChI is InChI=1S/C37H63NO8/c1-3-5-7-9-10-11-12-13-14-15-16-17-18-19-20-21-22-23-25-27-33(41)38-30(31(40)26-24-8-6-4-2)29-45-37-36(44)35(43)34(42)32(28-39)46-37/h5,7,10-11,13-14,16-17,19-20,30-32,34-37,39-40,42-44H,3-4,6,8-9,12,15,18,21-29H2,1-2H3,(H,38,41)/b7-5-,11-10-,14-13-,17-16-,20-19-. The van der Waals surface area contributed by atoms with Crippen LogP contribution in [0.3, 0.4) is 0 Å². The van der Waals surface area contributed by atoms with Gasteiger partial charge in [0.1, 0.15) is 24.4 Å². The van der Waals surface area contributed by atoms with Crippen LogP contribution in [0.1, 0.15) is 110 Å². The molecule has 0 bridgehead atoms. The summed E-state index contributed by atoms with van der Waals surface area (Å²) >= 11 is 0. The number of amides is 1. The molecule has 7 unspecified atom stereocenters. The molecule has 0 saturated carbocycles. The number of carbonyl (C=O) groups excluding carboxylic acids is 1. The Balaban J connectivity index is 2.34. The van der Waals surface area contributed by atoms with Gasteiger partial charge in [0.2, 0.25) is 5.91 Å². The Morgan fingerprint density at radius 3 is 1.93 bits per heavy atom. The first-order chi connectivity index (χ1) is 22.3. The van der Waals surface area contributed by atoms with E-state index in [2.05, 4.69) is 79.9 Å². The maximum absolute atomic E-state index is 12.7. The first kappa shape index (κ1) is 41.9. The van der Waals surface area contributed by atoms with Gasteiger partial charge >= 0.3 is 0 Å². The van der Waals surface area contributed by atoms with Gasteiger partial charge in [-0.05, 0) is 57.8 Å². The van der Waals surface area contributed by atoms with Crippen LogP contribution in [0, 0.1) is 0 Å². The molecule has 0 aromatic carbocycles. The summed E-state index contributed by atoms with van der Waals surface area (Å²) in [4.78, 5) is 12.7. The van der Waals surface area contributed by atoms with Gasteiger partial charge in [-0.3, -0.25) is 4.79 Å². The van der Waals surface area contributed by atoms with Crippen LogP contribution in [0.4, 0.5) is 0 Å². The molecule has 1 aliphatic heterocycles. The van der Waals surface area contributed by atoms with E-state index < -0.39 is 49.5 Å². The molecule has 9 heteroatoms. The zero-order valence-corrected chi connectivity index (χ0v) is 28.3. The first-order valence-corrected chi connectivity index (χ1v) is 17.5. The summed E-state index contributed by atoms with van der Waals surface area (Å²) in [6.07, 6.45) is 27.2. The second-order valence-electron chi connectivity index (χ2n) is 11.9. The summed E-state index contributed by atoms with van der Waals surface area (Å²) in [5.74, 6) is -0.190. The lowest BCUT2D eigenvalue weighted by atomic mass is 9.99. The Kier molecular flexibility index (Phi) is 25.5. The average Bonchev–Trinajstić information content (AvgIpc) is 3.05. The molecule has 0 spiro atoms. The van der Waals surface area contributed by atoms with Crippen molar-refractivity contribution in [3.8, 4) is 0 Å². The van der Waals surface area contributed by atoms with Crippen LogP contribution in [0.25, 0.3) is 0 Å². The molecule has 1 rings (SSSR count). The van der Waals surface area contributed by atoms with Crippen LogP contribution < -0.4 is 5.32 Å². The highest BCUT2D eigenvalue weighted by Gasteiger charge is 2.44. The number of unbranched alkanes of at least 4 members (excludes halogenated alkanes) is 6. The first-order valence-electron chi connectivity index (χ1n) is 17.5. The van der Waals surface area contributed by atoms with Crippen LogP contribution in [0.5, 0.6) is 0 Å². The van der Waals surface area contributed by atoms with Gasteiger partial charge in [-0.1, -0.05) is 107 Å². The SMILES string of the molecule is CC/C=C\C/C=C\C/C=C\C/C=C\C/C=C\CCCCCC(=O)NC(COC1OC(CO)C(O)C(O)C1O)C(O)CCCCCC. The van der Waals surface area contributed by atoms with Crippen molar-refractivity contribution in [2.45, 2.75) is 153 Å². The quantitative estimate of drug-likeness (QED) is 0.0545. The molecular weight excluding hydrogens is 586 g/mol. The van der Waals surface area contributed by atoms with Crippen molar-refractivity contribution in [1.29, 1.82) is 0 Å². The van der Waals surface area contributed by atoms with Crippen LogP contribution >= 0.6 is 0 Å². The number of carbonyl (C=O) groups is 1. The summed E-state index contributed by atoms with van der Waals surface area (Å²) in [6.45, 7) is 3.53. The smallest absolute Gasteiger partial charge is 0.220 e. The van der Waals surface area contributed by atoms with Gasteiger partial charge in [0, 0.05) is 6.42 Å². The third-order valence-electron chi connectivity index (χ3n) is 7.89. The van der Waals surface area contributed by atoms with Crippen LogP contribution in [0.2, 0.25) is 0 Å². The fourth-order valence-electron chi connectivity index (χ4n) is 5.01. The molecule has 0 aliphatic carbocycles. The van der Waals surface area contributed by atoms with E-state index >= 15 is 0 Å². The van der Waals surface area contributed by atoms with Crippen molar-refractivity contribution in [3.05, 3.63) is 60.8 Å². The van der Waals surface area contributed by atoms with Crippen molar-refractivity contribution in [1.82, 2.24) is 5.32 Å². The molecule has 0 aromatic heterocycles. The molecular formula is C37H63NO8. The molecule has 0 aromatic rings. The molecule has 46 heavy (non-hydrogen) atoms. The van der Waals surface area contributed by atoms with Crippen LogP contribution in [-0.4, -0.2) is 87.5 Å². The Hall–Kier alpha value is -2.11. The van der Waals surface area contributed by atoms with E-state index in [1.807, 2.05) is 0 Å². The molecule has 6 N–H and O–H groups in total. The van der Waals surface area contributed by atoms with Gasteiger partial charge in [0.25, 0.3) is 0 Å². The van der Waals surface area contributed by atoms with Gasteiger partial charge in [-0.2, -0.15) is 0 Å². The molecule has 1 aliphatic rings. The number of aliphatic hydroxyl groups excluding tert-OH is 5. The summed E-state index contributed by atoms with van der Waals surface area (Å²) in [6, 6.07) is -0.734. The lowest BCUT2D eigenvalue weighted by Gasteiger charge is -2.40. The molecule has 264 valence electrons. The summed E-state index contributed by atoms with van der Waals surface area (Å²) in [5, 5.41) is 53.4. The fraction of sp³-hybridized carbons (Fsp3) is 0.703. The van der Waals surface area contributed by atoms with E-state index in [4.69, 9.17) is 9.47 Å². The van der Waals surface area contributed by atoms with E-state index in [1.54, 1.807) is 0 Å². The van der Waals surface area contributed by atoms with Gasteiger partial charge in [0.05, 0.1) is 25.4 Å². The predicted octanol–water partition coefficient (Wildman–Crippen LogP) is 5.32. The highest BCUT2D eigenvalue weighted by Crippen LogP contribution is 2.22. The number of hydrogen-bond acceptors (Lipinski definition) is 8. The molecule has 9 nitrogen and oxygen atoms in total. The van der Waals surface area contributed by atoms with Crippen molar-refractivity contribution in [2.75, 3.05) is 13.2 Å². The highest BCUT2D eigenvalue weighted by atomic mass is 16.7. The lowest BCUT2D eigenvalue weighted by Crippen LogP contribution is -2.60. The monoisotopic (exact) mass is 649 g/mol. The zero-order chi connectivity index (χ0) is 33.8. The number of rotatable bonds is 26. The Labute approximate surface area is 277 Å². The molecule has 1 amide bonds. The number of allylic oxidation sites excluding steroid dienone is 10.